The molecule has 2 nitrogen and oxygen atoms in total. The van der Waals surface area contributed by atoms with Crippen LogP contribution in [0.2, 0.25) is 0 Å². The van der Waals surface area contributed by atoms with Crippen LogP contribution in [-0.2, 0) is 0 Å². The summed E-state index contributed by atoms with van der Waals surface area (Å²) in [5.74, 6) is 0.945. The highest BCUT2D eigenvalue weighted by molar-refractivity contribution is 7.08. The Morgan fingerprint density at radius 3 is 2.53 bits per heavy atom. The van der Waals surface area contributed by atoms with Crippen molar-refractivity contribution in [2.75, 3.05) is 13.7 Å². The number of ether oxygens (including phenoxy) is 1. The van der Waals surface area contributed by atoms with Crippen LogP contribution >= 0.6 is 11.3 Å². The third-order valence-corrected chi connectivity index (χ3v) is 4.25. The number of rotatable bonds is 5. The average Bonchev–Trinajstić information content (AvgIpc) is 2.82. The van der Waals surface area contributed by atoms with E-state index in [4.69, 9.17) is 4.74 Å². The topological polar surface area (TPSA) is 21.3 Å². The zero-order valence-electron chi connectivity index (χ0n) is 12.0. The molecule has 102 valence electrons. The summed E-state index contributed by atoms with van der Waals surface area (Å²) >= 11 is 1.76. The SMILES string of the molecule is CCNC(c1ccc(OC)c(C)c1)c1cscc1C. The summed E-state index contributed by atoms with van der Waals surface area (Å²) in [7, 11) is 1.72. The van der Waals surface area contributed by atoms with Crippen molar-refractivity contribution in [1.82, 2.24) is 5.32 Å². The van der Waals surface area contributed by atoms with E-state index in [1.807, 2.05) is 0 Å². The molecule has 0 saturated heterocycles. The lowest BCUT2D eigenvalue weighted by Crippen LogP contribution is -2.22. The van der Waals surface area contributed by atoms with Gasteiger partial charge in [-0.2, -0.15) is 11.3 Å². The summed E-state index contributed by atoms with van der Waals surface area (Å²) in [5, 5.41) is 8.02. The number of aryl methyl sites for hydroxylation is 2. The lowest BCUT2D eigenvalue weighted by molar-refractivity contribution is 0.411. The fraction of sp³-hybridized carbons (Fsp3) is 0.375. The highest BCUT2D eigenvalue weighted by Gasteiger charge is 2.16. The van der Waals surface area contributed by atoms with E-state index >= 15 is 0 Å². The van der Waals surface area contributed by atoms with Gasteiger partial charge in [0.1, 0.15) is 5.75 Å². The van der Waals surface area contributed by atoms with E-state index < -0.39 is 0 Å². The van der Waals surface area contributed by atoms with E-state index in [2.05, 4.69) is 55.0 Å². The first-order valence-electron chi connectivity index (χ1n) is 6.58. The summed E-state index contributed by atoms with van der Waals surface area (Å²) in [6.07, 6.45) is 0. The predicted molar refractivity (Wildman–Crippen MR) is 82.3 cm³/mol. The molecule has 0 aliphatic heterocycles. The molecule has 0 saturated carbocycles. The molecule has 0 radical (unpaired) electrons. The normalized spacial score (nSPS) is 12.4. The zero-order valence-corrected chi connectivity index (χ0v) is 12.8. The van der Waals surface area contributed by atoms with Crippen LogP contribution in [0.25, 0.3) is 0 Å². The van der Waals surface area contributed by atoms with Crippen molar-refractivity contribution in [2.45, 2.75) is 26.8 Å². The Balaban J connectivity index is 2.39. The molecule has 1 aromatic heterocycles. The fourth-order valence-corrected chi connectivity index (χ4v) is 3.24. The minimum Gasteiger partial charge on any atom is -0.496 e. The molecule has 1 atom stereocenters. The molecule has 3 heteroatoms. The molecule has 1 aromatic carbocycles. The molecule has 0 bridgehead atoms. The minimum atomic E-state index is 0.265. The maximum absolute atomic E-state index is 5.34. The molecule has 2 rings (SSSR count). The molecule has 0 spiro atoms. The zero-order chi connectivity index (χ0) is 13.8. The third-order valence-electron chi connectivity index (χ3n) is 3.37. The maximum Gasteiger partial charge on any atom is 0.121 e. The maximum atomic E-state index is 5.34. The Bertz CT molecular complexity index is 547. The lowest BCUT2D eigenvalue weighted by atomic mass is 9.96. The van der Waals surface area contributed by atoms with Gasteiger partial charge in [0.25, 0.3) is 0 Å². The number of methoxy groups -OCH3 is 1. The van der Waals surface area contributed by atoms with Gasteiger partial charge in [0.15, 0.2) is 0 Å². The van der Waals surface area contributed by atoms with Crippen molar-refractivity contribution >= 4 is 11.3 Å². The molecule has 1 N–H and O–H groups in total. The molecule has 0 aliphatic carbocycles. The lowest BCUT2D eigenvalue weighted by Gasteiger charge is -2.20. The number of hydrogen-bond donors (Lipinski definition) is 1. The van der Waals surface area contributed by atoms with Crippen LogP contribution in [-0.4, -0.2) is 13.7 Å². The quantitative estimate of drug-likeness (QED) is 0.888. The van der Waals surface area contributed by atoms with E-state index in [0.717, 1.165) is 12.3 Å². The van der Waals surface area contributed by atoms with Gasteiger partial charge in [-0.25, -0.2) is 0 Å². The molecule has 1 unspecified atom stereocenters. The van der Waals surface area contributed by atoms with Gasteiger partial charge in [0, 0.05) is 0 Å². The Morgan fingerprint density at radius 2 is 2.00 bits per heavy atom. The molecular formula is C16H21NOS. The monoisotopic (exact) mass is 275 g/mol. The first kappa shape index (κ1) is 14.1. The van der Waals surface area contributed by atoms with Crippen LogP contribution in [0, 0.1) is 13.8 Å². The van der Waals surface area contributed by atoms with Crippen LogP contribution in [0.1, 0.15) is 35.2 Å². The van der Waals surface area contributed by atoms with Crippen molar-refractivity contribution in [3.63, 3.8) is 0 Å². The van der Waals surface area contributed by atoms with Gasteiger partial charge < -0.3 is 10.1 Å². The van der Waals surface area contributed by atoms with Gasteiger partial charge in [-0.05, 0) is 59.5 Å². The van der Waals surface area contributed by atoms with Gasteiger partial charge in [-0.3, -0.25) is 0 Å². The standard InChI is InChI=1S/C16H21NOS/c1-5-17-16(14-10-19-9-12(14)3)13-6-7-15(18-4)11(2)8-13/h6-10,16-17H,5H2,1-4H3. The van der Waals surface area contributed by atoms with Crippen LogP contribution in [0.15, 0.2) is 29.0 Å². The van der Waals surface area contributed by atoms with E-state index in [9.17, 15) is 0 Å². The summed E-state index contributed by atoms with van der Waals surface area (Å²) in [6, 6.07) is 6.68. The smallest absolute Gasteiger partial charge is 0.121 e. The first-order chi connectivity index (χ1) is 9.17. The molecular weight excluding hydrogens is 254 g/mol. The molecule has 2 aromatic rings. The highest BCUT2D eigenvalue weighted by Crippen LogP contribution is 2.30. The van der Waals surface area contributed by atoms with Crippen LogP contribution in [0.4, 0.5) is 0 Å². The summed E-state index contributed by atoms with van der Waals surface area (Å²) in [4.78, 5) is 0. The average molecular weight is 275 g/mol. The summed E-state index contributed by atoms with van der Waals surface area (Å²) in [5.41, 5.74) is 5.19. The molecule has 0 fully saturated rings. The Labute approximate surface area is 119 Å². The van der Waals surface area contributed by atoms with Gasteiger partial charge >= 0.3 is 0 Å². The summed E-state index contributed by atoms with van der Waals surface area (Å²) < 4.78 is 5.34. The van der Waals surface area contributed by atoms with Crippen LogP contribution < -0.4 is 10.1 Å². The van der Waals surface area contributed by atoms with Gasteiger partial charge in [0.05, 0.1) is 13.2 Å². The Kier molecular flexibility index (Phi) is 4.61. The number of hydrogen-bond acceptors (Lipinski definition) is 3. The van der Waals surface area contributed by atoms with E-state index in [-0.39, 0.29) is 6.04 Å². The van der Waals surface area contributed by atoms with Crippen molar-refractivity contribution in [1.29, 1.82) is 0 Å². The van der Waals surface area contributed by atoms with Crippen molar-refractivity contribution in [3.05, 3.63) is 51.2 Å². The highest BCUT2D eigenvalue weighted by atomic mass is 32.1. The van der Waals surface area contributed by atoms with E-state index in [0.29, 0.717) is 0 Å². The number of thiophene rings is 1. The van der Waals surface area contributed by atoms with Crippen LogP contribution in [0.3, 0.4) is 0 Å². The van der Waals surface area contributed by atoms with Crippen molar-refractivity contribution in [3.8, 4) is 5.75 Å². The van der Waals surface area contributed by atoms with Crippen molar-refractivity contribution < 1.29 is 4.74 Å². The van der Waals surface area contributed by atoms with Gasteiger partial charge in [-0.1, -0.05) is 19.1 Å². The van der Waals surface area contributed by atoms with Gasteiger partial charge in [0.2, 0.25) is 0 Å². The van der Waals surface area contributed by atoms with Crippen molar-refractivity contribution in [2.24, 2.45) is 0 Å². The first-order valence-corrected chi connectivity index (χ1v) is 7.52. The molecule has 1 heterocycles. The molecule has 0 aliphatic rings. The minimum absolute atomic E-state index is 0.265. The second-order valence-corrected chi connectivity index (χ2v) is 5.47. The second-order valence-electron chi connectivity index (χ2n) is 4.73. The fourth-order valence-electron chi connectivity index (χ4n) is 2.36. The Morgan fingerprint density at radius 1 is 1.21 bits per heavy atom. The number of nitrogens with one attached hydrogen (secondary N) is 1. The summed E-state index contributed by atoms with van der Waals surface area (Å²) in [6.45, 7) is 7.36. The molecule has 0 amide bonds. The number of benzene rings is 1. The van der Waals surface area contributed by atoms with E-state index in [1.54, 1.807) is 18.4 Å². The Hall–Kier alpha value is -1.32. The van der Waals surface area contributed by atoms with Crippen LogP contribution in [0.5, 0.6) is 5.75 Å². The molecule has 19 heavy (non-hydrogen) atoms. The third kappa shape index (κ3) is 2.99. The largest absolute Gasteiger partial charge is 0.496 e. The predicted octanol–water partition coefficient (Wildman–Crippen LogP) is 4.07. The van der Waals surface area contributed by atoms with E-state index in [1.165, 1.54) is 22.3 Å². The second kappa shape index (κ2) is 6.22. The van der Waals surface area contributed by atoms with Gasteiger partial charge in [-0.15, -0.1) is 0 Å².